The average molecular weight is 358 g/mol. The summed E-state index contributed by atoms with van der Waals surface area (Å²) in [7, 11) is 1.55. The minimum atomic E-state index is -0.379. The molecule has 0 bridgehead atoms. The van der Waals surface area contributed by atoms with Crippen molar-refractivity contribution in [1.82, 2.24) is 0 Å². The van der Waals surface area contributed by atoms with Crippen LogP contribution < -0.4 is 9.47 Å². The van der Waals surface area contributed by atoms with E-state index < -0.39 is 0 Å². The van der Waals surface area contributed by atoms with E-state index in [-0.39, 0.29) is 17.5 Å². The van der Waals surface area contributed by atoms with Crippen LogP contribution in [0.3, 0.4) is 0 Å². The van der Waals surface area contributed by atoms with E-state index in [0.29, 0.717) is 23.3 Å². The Labute approximate surface area is 154 Å². The molecule has 2 unspecified atom stereocenters. The molecule has 5 heteroatoms. The molecule has 0 aromatic heterocycles. The molecule has 5 nitrogen and oxygen atoms in total. The Hall–Kier alpha value is -2.69. The van der Waals surface area contributed by atoms with Crippen LogP contribution in [0.1, 0.15) is 31.9 Å². The first-order chi connectivity index (χ1) is 12.3. The molecule has 0 radical (unpaired) electrons. The molecule has 0 aliphatic heterocycles. The predicted molar refractivity (Wildman–Crippen MR) is 99.8 cm³/mol. The minimum absolute atomic E-state index is 0.0897. The van der Waals surface area contributed by atoms with Gasteiger partial charge in [-0.05, 0) is 60.1 Å². The first kappa shape index (κ1) is 19.6. The van der Waals surface area contributed by atoms with E-state index in [0.717, 1.165) is 24.0 Å². The largest absolute Gasteiger partial charge is 0.504 e. The molecule has 0 amide bonds. The van der Waals surface area contributed by atoms with Crippen LogP contribution in [0.25, 0.3) is 0 Å². The number of hydrogen-bond acceptors (Lipinski definition) is 5. The van der Waals surface area contributed by atoms with Crippen LogP contribution in [0.5, 0.6) is 23.0 Å². The molecular weight excluding hydrogens is 332 g/mol. The number of rotatable bonds is 7. The number of carbonyl (C=O) groups excluding carboxylic acids is 1. The molecule has 140 valence electrons. The van der Waals surface area contributed by atoms with Crippen molar-refractivity contribution in [3.05, 3.63) is 47.5 Å². The lowest BCUT2D eigenvalue weighted by Gasteiger charge is -2.21. The van der Waals surface area contributed by atoms with Gasteiger partial charge in [0.2, 0.25) is 0 Å². The van der Waals surface area contributed by atoms with Crippen molar-refractivity contribution < 1.29 is 24.5 Å². The highest BCUT2D eigenvalue weighted by Crippen LogP contribution is 2.31. The molecule has 0 saturated heterocycles. The number of benzene rings is 2. The van der Waals surface area contributed by atoms with E-state index in [1.165, 1.54) is 13.0 Å². The zero-order valence-corrected chi connectivity index (χ0v) is 15.7. The maximum Gasteiger partial charge on any atom is 0.308 e. The molecule has 0 saturated carbocycles. The molecule has 2 rings (SSSR count). The number of phenolic OH excluding ortho intramolecular Hbond substituents is 2. The summed E-state index contributed by atoms with van der Waals surface area (Å²) >= 11 is 0. The quantitative estimate of drug-likeness (QED) is 0.443. The lowest BCUT2D eigenvalue weighted by Crippen LogP contribution is -2.14. The van der Waals surface area contributed by atoms with Gasteiger partial charge in [-0.2, -0.15) is 0 Å². The van der Waals surface area contributed by atoms with Crippen LogP contribution in [0.4, 0.5) is 0 Å². The molecule has 0 aliphatic carbocycles. The fraction of sp³-hybridized carbons (Fsp3) is 0.381. The van der Waals surface area contributed by atoms with Gasteiger partial charge in [0.05, 0.1) is 7.11 Å². The molecule has 0 heterocycles. The zero-order chi connectivity index (χ0) is 19.3. The molecule has 2 aromatic carbocycles. The summed E-state index contributed by atoms with van der Waals surface area (Å²) in [5, 5.41) is 19.0. The van der Waals surface area contributed by atoms with Crippen LogP contribution >= 0.6 is 0 Å². The SMILES string of the molecule is COc1cc(CC(C)C(C)Cc2ccc(O)c(O)c2)ccc1OC(C)=O. The van der Waals surface area contributed by atoms with Crippen LogP contribution in [-0.4, -0.2) is 23.3 Å². The third-order valence-electron chi connectivity index (χ3n) is 4.61. The second kappa shape index (κ2) is 8.61. The van der Waals surface area contributed by atoms with E-state index in [1.54, 1.807) is 19.2 Å². The number of methoxy groups -OCH3 is 1. The Balaban J connectivity index is 2.04. The first-order valence-corrected chi connectivity index (χ1v) is 8.66. The Morgan fingerprint density at radius 1 is 0.923 bits per heavy atom. The van der Waals surface area contributed by atoms with Gasteiger partial charge in [-0.15, -0.1) is 0 Å². The third-order valence-corrected chi connectivity index (χ3v) is 4.61. The average Bonchev–Trinajstić information content (AvgIpc) is 2.59. The fourth-order valence-electron chi connectivity index (χ4n) is 2.92. The number of hydrogen-bond donors (Lipinski definition) is 2. The van der Waals surface area contributed by atoms with Crippen molar-refractivity contribution >= 4 is 5.97 Å². The van der Waals surface area contributed by atoms with E-state index >= 15 is 0 Å². The molecule has 0 spiro atoms. The number of phenols is 2. The number of esters is 1. The monoisotopic (exact) mass is 358 g/mol. The highest BCUT2D eigenvalue weighted by molar-refractivity contribution is 5.70. The lowest BCUT2D eigenvalue weighted by atomic mass is 9.85. The van der Waals surface area contributed by atoms with Crippen molar-refractivity contribution in [2.24, 2.45) is 11.8 Å². The third kappa shape index (κ3) is 5.15. The number of aromatic hydroxyl groups is 2. The maximum absolute atomic E-state index is 11.1. The van der Waals surface area contributed by atoms with Gasteiger partial charge in [0.15, 0.2) is 23.0 Å². The smallest absolute Gasteiger partial charge is 0.308 e. The van der Waals surface area contributed by atoms with Gasteiger partial charge in [0.25, 0.3) is 0 Å². The van der Waals surface area contributed by atoms with Gasteiger partial charge in [0.1, 0.15) is 0 Å². The highest BCUT2D eigenvalue weighted by Gasteiger charge is 2.16. The van der Waals surface area contributed by atoms with Crippen LogP contribution in [0.2, 0.25) is 0 Å². The van der Waals surface area contributed by atoms with E-state index in [4.69, 9.17) is 9.47 Å². The summed E-state index contributed by atoms with van der Waals surface area (Å²) in [6.45, 7) is 5.70. The van der Waals surface area contributed by atoms with Crippen LogP contribution in [-0.2, 0) is 17.6 Å². The van der Waals surface area contributed by atoms with Crippen molar-refractivity contribution in [3.8, 4) is 23.0 Å². The van der Waals surface area contributed by atoms with Crippen LogP contribution in [0, 0.1) is 11.8 Å². The van der Waals surface area contributed by atoms with E-state index in [1.807, 2.05) is 18.2 Å². The van der Waals surface area contributed by atoms with Crippen molar-refractivity contribution in [2.75, 3.05) is 7.11 Å². The van der Waals surface area contributed by atoms with Crippen LogP contribution in [0.15, 0.2) is 36.4 Å². The van der Waals surface area contributed by atoms with E-state index in [9.17, 15) is 15.0 Å². The summed E-state index contributed by atoms with van der Waals surface area (Å²) in [5.41, 5.74) is 2.09. The molecule has 2 N–H and O–H groups in total. The van der Waals surface area contributed by atoms with Crippen molar-refractivity contribution in [1.29, 1.82) is 0 Å². The summed E-state index contributed by atoms with van der Waals surface area (Å²) in [4.78, 5) is 11.1. The summed E-state index contributed by atoms with van der Waals surface area (Å²) < 4.78 is 10.5. The Bertz CT molecular complexity index is 769. The minimum Gasteiger partial charge on any atom is -0.504 e. The standard InChI is InChI=1S/C21H26O5/c1-13(9-16-5-7-18(23)19(24)11-16)14(2)10-17-6-8-20(26-15(3)22)21(12-17)25-4/h5-8,11-14,23-24H,9-10H2,1-4H3. The number of ether oxygens (including phenoxy) is 2. The van der Waals surface area contributed by atoms with Gasteiger partial charge < -0.3 is 19.7 Å². The molecule has 0 fully saturated rings. The zero-order valence-electron chi connectivity index (χ0n) is 15.7. The highest BCUT2D eigenvalue weighted by atomic mass is 16.6. The van der Waals surface area contributed by atoms with Crippen molar-refractivity contribution in [2.45, 2.75) is 33.6 Å². The predicted octanol–water partition coefficient (Wildman–Crippen LogP) is 4.09. The summed E-state index contributed by atoms with van der Waals surface area (Å²) in [6, 6.07) is 10.5. The molecule has 0 aliphatic rings. The van der Waals surface area contributed by atoms with Crippen molar-refractivity contribution in [3.63, 3.8) is 0 Å². The van der Waals surface area contributed by atoms with Gasteiger partial charge in [-0.1, -0.05) is 26.0 Å². The Kier molecular flexibility index (Phi) is 6.50. The molecule has 26 heavy (non-hydrogen) atoms. The molecular formula is C21H26O5. The summed E-state index contributed by atoms with van der Waals surface area (Å²) in [6.07, 6.45) is 1.65. The van der Waals surface area contributed by atoms with Gasteiger partial charge in [-0.25, -0.2) is 0 Å². The second-order valence-electron chi connectivity index (χ2n) is 6.76. The first-order valence-electron chi connectivity index (χ1n) is 8.66. The fourth-order valence-corrected chi connectivity index (χ4v) is 2.92. The maximum atomic E-state index is 11.1. The number of carbonyl (C=O) groups is 1. The normalized spacial score (nSPS) is 13.1. The second-order valence-corrected chi connectivity index (χ2v) is 6.76. The topological polar surface area (TPSA) is 76.0 Å². The summed E-state index contributed by atoms with van der Waals surface area (Å²) in [5.74, 6) is 1.15. The Morgan fingerprint density at radius 2 is 1.50 bits per heavy atom. The van der Waals surface area contributed by atoms with Gasteiger partial charge >= 0.3 is 5.97 Å². The molecule has 2 atom stereocenters. The Morgan fingerprint density at radius 3 is 2.04 bits per heavy atom. The molecule has 2 aromatic rings. The lowest BCUT2D eigenvalue weighted by molar-refractivity contribution is -0.132. The van der Waals surface area contributed by atoms with Gasteiger partial charge in [0, 0.05) is 6.92 Å². The van der Waals surface area contributed by atoms with E-state index in [2.05, 4.69) is 13.8 Å². The van der Waals surface area contributed by atoms with Gasteiger partial charge in [-0.3, -0.25) is 4.79 Å².